The Bertz CT molecular complexity index is 1410. The monoisotopic (exact) mass is 645 g/mol. The van der Waals surface area contributed by atoms with Crippen molar-refractivity contribution in [2.24, 2.45) is 0 Å². The van der Waals surface area contributed by atoms with Crippen molar-refractivity contribution < 1.29 is 27.5 Å². The summed E-state index contributed by atoms with van der Waals surface area (Å²) in [6.45, 7) is 5.88. The molecule has 3 aromatic carbocycles. The molecule has 1 atom stereocenters. The SMILES string of the molecule is CCNC(=O)[C@H](CC)N(Cc1cccc(OC)c1)C(=O)CN(c1ccc(OCC)cc1)S(=O)(=O)c1ccc(Br)cc1. The number of halogens is 1. The van der Waals surface area contributed by atoms with Crippen molar-refractivity contribution in [3.8, 4) is 11.5 Å². The van der Waals surface area contributed by atoms with Gasteiger partial charge in [0.25, 0.3) is 10.0 Å². The highest BCUT2D eigenvalue weighted by Crippen LogP contribution is 2.28. The molecule has 0 aliphatic rings. The number of amides is 2. The number of nitrogens with zero attached hydrogens (tertiary/aromatic N) is 2. The van der Waals surface area contributed by atoms with Crippen molar-refractivity contribution in [3.63, 3.8) is 0 Å². The summed E-state index contributed by atoms with van der Waals surface area (Å²) in [7, 11) is -2.62. The highest BCUT2D eigenvalue weighted by molar-refractivity contribution is 9.10. The number of carbonyl (C=O) groups is 2. The minimum absolute atomic E-state index is 0.0255. The molecule has 3 rings (SSSR count). The summed E-state index contributed by atoms with van der Waals surface area (Å²) >= 11 is 3.34. The lowest BCUT2D eigenvalue weighted by Crippen LogP contribution is -2.52. The first-order chi connectivity index (χ1) is 19.6. The van der Waals surface area contributed by atoms with Gasteiger partial charge in [-0.1, -0.05) is 35.0 Å². The van der Waals surface area contributed by atoms with Crippen molar-refractivity contribution in [2.45, 2.75) is 44.7 Å². The fourth-order valence-corrected chi connectivity index (χ4v) is 6.00. The molecule has 0 aliphatic heterocycles. The quantitative estimate of drug-likeness (QED) is 0.265. The molecule has 0 fully saturated rings. The number of hydrogen-bond acceptors (Lipinski definition) is 6. The van der Waals surface area contributed by atoms with Gasteiger partial charge in [0.1, 0.15) is 24.1 Å². The molecule has 3 aromatic rings. The zero-order valence-electron chi connectivity index (χ0n) is 23.7. The molecule has 9 nitrogen and oxygen atoms in total. The van der Waals surface area contributed by atoms with E-state index >= 15 is 0 Å². The van der Waals surface area contributed by atoms with E-state index in [-0.39, 0.29) is 23.0 Å². The van der Waals surface area contributed by atoms with Gasteiger partial charge in [-0.3, -0.25) is 13.9 Å². The molecule has 0 radical (unpaired) electrons. The molecule has 0 aliphatic carbocycles. The number of rotatable bonds is 14. The summed E-state index contributed by atoms with van der Waals surface area (Å²) in [5.41, 5.74) is 1.03. The third-order valence-electron chi connectivity index (χ3n) is 6.34. The zero-order chi connectivity index (χ0) is 30.0. The molecule has 0 bridgehead atoms. The van der Waals surface area contributed by atoms with E-state index in [1.165, 1.54) is 17.0 Å². The van der Waals surface area contributed by atoms with Crippen molar-refractivity contribution in [2.75, 3.05) is 31.1 Å². The summed E-state index contributed by atoms with van der Waals surface area (Å²) in [6, 6.07) is 19.1. The Labute approximate surface area is 250 Å². The van der Waals surface area contributed by atoms with E-state index in [4.69, 9.17) is 9.47 Å². The number of likely N-dealkylation sites (N-methyl/N-ethyl adjacent to an activating group) is 1. The van der Waals surface area contributed by atoms with Crippen LogP contribution in [0.2, 0.25) is 0 Å². The molecule has 11 heteroatoms. The molecule has 0 heterocycles. The molecule has 0 unspecified atom stereocenters. The number of carbonyl (C=O) groups excluding carboxylic acids is 2. The van der Waals surface area contributed by atoms with Crippen LogP contribution < -0.4 is 19.1 Å². The molecular formula is C30H36BrN3O6S. The molecular weight excluding hydrogens is 610 g/mol. The smallest absolute Gasteiger partial charge is 0.264 e. The van der Waals surface area contributed by atoms with Gasteiger partial charge in [-0.05, 0) is 86.5 Å². The number of methoxy groups -OCH3 is 1. The van der Waals surface area contributed by atoms with Crippen LogP contribution in [0.3, 0.4) is 0 Å². The number of anilines is 1. The Morgan fingerprint density at radius 1 is 0.951 bits per heavy atom. The first-order valence-electron chi connectivity index (χ1n) is 13.4. The Hall–Kier alpha value is -3.57. The van der Waals surface area contributed by atoms with Crippen LogP contribution in [0, 0.1) is 0 Å². The van der Waals surface area contributed by atoms with Crippen LogP contribution in [0.4, 0.5) is 5.69 Å². The third kappa shape index (κ3) is 8.23. The van der Waals surface area contributed by atoms with Gasteiger partial charge in [0, 0.05) is 17.6 Å². The van der Waals surface area contributed by atoms with Gasteiger partial charge >= 0.3 is 0 Å². The summed E-state index contributed by atoms with van der Waals surface area (Å²) in [4.78, 5) is 28.6. The molecule has 1 N–H and O–H groups in total. The normalized spacial score (nSPS) is 11.8. The fourth-order valence-electron chi connectivity index (χ4n) is 4.32. The summed E-state index contributed by atoms with van der Waals surface area (Å²) in [5.74, 6) is 0.343. The molecule has 2 amide bonds. The van der Waals surface area contributed by atoms with E-state index in [0.717, 1.165) is 14.3 Å². The average molecular weight is 647 g/mol. The van der Waals surface area contributed by atoms with Gasteiger partial charge in [-0.2, -0.15) is 0 Å². The molecule has 220 valence electrons. The second-order valence-corrected chi connectivity index (χ2v) is 11.9. The van der Waals surface area contributed by atoms with Crippen LogP contribution in [-0.2, 0) is 26.2 Å². The second kappa shape index (κ2) is 14.9. The van der Waals surface area contributed by atoms with Crippen molar-refractivity contribution in [1.29, 1.82) is 0 Å². The number of ether oxygens (including phenoxy) is 2. The van der Waals surface area contributed by atoms with Crippen LogP contribution >= 0.6 is 15.9 Å². The Balaban J connectivity index is 2.06. The Kier molecular flexibility index (Phi) is 11.6. The molecule has 41 heavy (non-hydrogen) atoms. The van der Waals surface area contributed by atoms with Gasteiger partial charge in [0.2, 0.25) is 11.8 Å². The number of benzene rings is 3. The first kappa shape index (κ1) is 32.0. The van der Waals surface area contributed by atoms with E-state index < -0.39 is 28.5 Å². The standard InChI is InChI=1S/C30H36BrN3O6S/c1-5-28(30(36)32-6-2)33(20-22-9-8-10-26(19-22)39-4)29(35)21-34(24-13-15-25(16-14-24)40-7-3)41(37,38)27-17-11-23(31)12-18-27/h8-19,28H,5-7,20-21H2,1-4H3,(H,32,36)/t28-/m0/s1. The number of nitrogens with one attached hydrogen (secondary N) is 1. The topological polar surface area (TPSA) is 105 Å². The third-order valence-corrected chi connectivity index (χ3v) is 8.66. The molecule has 0 spiro atoms. The zero-order valence-corrected chi connectivity index (χ0v) is 26.1. The van der Waals surface area contributed by atoms with Gasteiger partial charge in [-0.15, -0.1) is 0 Å². The van der Waals surface area contributed by atoms with Gasteiger partial charge < -0.3 is 19.7 Å². The molecule has 0 saturated heterocycles. The Morgan fingerprint density at radius 3 is 2.22 bits per heavy atom. The molecule has 0 saturated carbocycles. The minimum Gasteiger partial charge on any atom is -0.497 e. The maximum Gasteiger partial charge on any atom is 0.264 e. The lowest BCUT2D eigenvalue weighted by atomic mass is 10.1. The summed E-state index contributed by atoms with van der Waals surface area (Å²) in [5, 5.41) is 2.80. The van der Waals surface area contributed by atoms with Crippen LogP contribution in [0.25, 0.3) is 0 Å². The number of sulfonamides is 1. The van der Waals surface area contributed by atoms with Crippen LogP contribution in [0.1, 0.15) is 32.8 Å². The lowest BCUT2D eigenvalue weighted by Gasteiger charge is -2.33. The highest BCUT2D eigenvalue weighted by Gasteiger charge is 2.33. The van der Waals surface area contributed by atoms with E-state index in [1.54, 1.807) is 68.6 Å². The highest BCUT2D eigenvalue weighted by atomic mass is 79.9. The maximum absolute atomic E-state index is 14.1. The first-order valence-corrected chi connectivity index (χ1v) is 15.6. The van der Waals surface area contributed by atoms with Gasteiger partial charge in [0.15, 0.2) is 0 Å². The largest absolute Gasteiger partial charge is 0.497 e. The van der Waals surface area contributed by atoms with Crippen LogP contribution in [0.5, 0.6) is 11.5 Å². The lowest BCUT2D eigenvalue weighted by molar-refractivity contribution is -0.140. The predicted molar refractivity (Wildman–Crippen MR) is 163 cm³/mol. The summed E-state index contributed by atoms with van der Waals surface area (Å²) in [6.07, 6.45) is 0.337. The van der Waals surface area contributed by atoms with E-state index in [2.05, 4.69) is 21.2 Å². The van der Waals surface area contributed by atoms with E-state index in [9.17, 15) is 18.0 Å². The van der Waals surface area contributed by atoms with Gasteiger partial charge in [-0.25, -0.2) is 8.42 Å². The number of hydrogen-bond donors (Lipinski definition) is 1. The van der Waals surface area contributed by atoms with Crippen molar-refractivity contribution >= 4 is 43.5 Å². The van der Waals surface area contributed by atoms with Crippen molar-refractivity contribution in [3.05, 3.63) is 82.8 Å². The predicted octanol–water partition coefficient (Wildman–Crippen LogP) is 5.00. The van der Waals surface area contributed by atoms with Crippen molar-refractivity contribution in [1.82, 2.24) is 10.2 Å². The van der Waals surface area contributed by atoms with E-state index in [1.807, 2.05) is 19.9 Å². The minimum atomic E-state index is -4.17. The fraction of sp³-hybridized carbons (Fsp3) is 0.333. The average Bonchev–Trinajstić information content (AvgIpc) is 2.96. The van der Waals surface area contributed by atoms with E-state index in [0.29, 0.717) is 31.1 Å². The maximum atomic E-state index is 14.1. The summed E-state index contributed by atoms with van der Waals surface area (Å²) < 4.78 is 40.5. The Morgan fingerprint density at radius 2 is 1.63 bits per heavy atom. The van der Waals surface area contributed by atoms with Gasteiger partial charge in [0.05, 0.1) is 24.3 Å². The van der Waals surface area contributed by atoms with Crippen LogP contribution in [0.15, 0.2) is 82.2 Å². The second-order valence-electron chi connectivity index (χ2n) is 9.08. The van der Waals surface area contributed by atoms with Crippen LogP contribution in [-0.4, -0.2) is 58.0 Å². The molecule has 0 aromatic heterocycles.